The summed E-state index contributed by atoms with van der Waals surface area (Å²) in [5.41, 5.74) is 2.13. The molecule has 7 heteroatoms. The minimum absolute atomic E-state index is 0.754. The number of nitrogens with zero attached hydrogens (tertiary/aromatic N) is 3. The lowest BCUT2D eigenvalue weighted by molar-refractivity contribution is 0.793. The van der Waals surface area contributed by atoms with E-state index < -0.39 is 0 Å². The molecule has 3 rings (SSSR count). The molecule has 0 radical (unpaired) electrons. The van der Waals surface area contributed by atoms with Gasteiger partial charge in [-0.15, -0.1) is 11.3 Å². The molecule has 27 heavy (non-hydrogen) atoms. The number of thiazole rings is 1. The second kappa shape index (κ2) is 9.32. The topological polar surface area (TPSA) is 74.2 Å². The van der Waals surface area contributed by atoms with Gasteiger partial charge in [0, 0.05) is 43.4 Å². The van der Waals surface area contributed by atoms with E-state index in [9.17, 15) is 0 Å². The van der Waals surface area contributed by atoms with Crippen LogP contribution in [-0.2, 0) is 6.42 Å². The van der Waals surface area contributed by atoms with Gasteiger partial charge in [0.2, 0.25) is 0 Å². The maximum absolute atomic E-state index is 4.61. The second-order valence-corrected chi connectivity index (χ2v) is 7.53. The number of benzene rings is 1. The molecule has 2 aromatic heterocycles. The van der Waals surface area contributed by atoms with Gasteiger partial charge in [0.1, 0.15) is 5.82 Å². The van der Waals surface area contributed by atoms with Crippen LogP contribution in [0.5, 0.6) is 0 Å². The first-order chi connectivity index (χ1) is 13.2. The van der Waals surface area contributed by atoms with E-state index in [1.165, 1.54) is 4.88 Å². The summed E-state index contributed by atoms with van der Waals surface area (Å²) >= 11 is 1.77. The lowest BCUT2D eigenvalue weighted by Crippen LogP contribution is -2.40. The van der Waals surface area contributed by atoms with Gasteiger partial charge >= 0.3 is 0 Å². The van der Waals surface area contributed by atoms with Gasteiger partial charge in [-0.3, -0.25) is 4.99 Å². The van der Waals surface area contributed by atoms with Crippen molar-refractivity contribution in [3.05, 3.63) is 52.0 Å². The Morgan fingerprint density at radius 3 is 2.59 bits per heavy atom. The van der Waals surface area contributed by atoms with Crippen molar-refractivity contribution >= 4 is 34.0 Å². The second-order valence-electron chi connectivity index (χ2n) is 6.24. The van der Waals surface area contributed by atoms with Crippen LogP contribution in [0.25, 0.3) is 10.9 Å². The number of fused-ring (bicyclic) bond motifs is 1. The monoisotopic (exact) mass is 382 g/mol. The van der Waals surface area contributed by atoms with E-state index in [1.807, 2.05) is 24.3 Å². The molecule has 0 saturated carbocycles. The number of aromatic nitrogens is 2. The van der Waals surface area contributed by atoms with Crippen LogP contribution in [0.15, 0.2) is 41.4 Å². The van der Waals surface area contributed by atoms with Crippen LogP contribution in [0.2, 0.25) is 0 Å². The lowest BCUT2D eigenvalue weighted by Gasteiger charge is -2.12. The fraction of sp³-hybridized carbons (Fsp3) is 0.350. The molecule has 3 N–H and O–H groups in total. The number of para-hydroxylation sites is 1. The minimum atomic E-state index is 0.754. The molecule has 0 aliphatic heterocycles. The van der Waals surface area contributed by atoms with Gasteiger partial charge in [-0.25, -0.2) is 9.97 Å². The van der Waals surface area contributed by atoms with Gasteiger partial charge in [0.05, 0.1) is 16.2 Å². The molecule has 6 nitrogen and oxygen atoms in total. The molecule has 0 aliphatic carbocycles. The maximum atomic E-state index is 4.61. The van der Waals surface area contributed by atoms with Crippen LogP contribution < -0.4 is 16.0 Å². The zero-order chi connectivity index (χ0) is 19.1. The molecular weight excluding hydrogens is 356 g/mol. The van der Waals surface area contributed by atoms with Gasteiger partial charge in [0.15, 0.2) is 5.96 Å². The number of hydrogen-bond donors (Lipinski definition) is 3. The molecule has 1 aromatic carbocycles. The molecule has 0 amide bonds. The van der Waals surface area contributed by atoms with Gasteiger partial charge < -0.3 is 16.0 Å². The van der Waals surface area contributed by atoms with Crippen LogP contribution in [0.4, 0.5) is 5.82 Å². The molecule has 142 valence electrons. The van der Waals surface area contributed by atoms with Crippen LogP contribution in [-0.4, -0.2) is 42.6 Å². The predicted molar refractivity (Wildman–Crippen MR) is 115 cm³/mol. The number of nitrogens with one attached hydrogen (secondary N) is 3. The van der Waals surface area contributed by atoms with E-state index in [-0.39, 0.29) is 0 Å². The molecular formula is C20H26N6S. The zero-order valence-corrected chi connectivity index (χ0v) is 16.9. The van der Waals surface area contributed by atoms with Gasteiger partial charge in [-0.1, -0.05) is 18.2 Å². The third kappa shape index (κ3) is 5.40. The van der Waals surface area contributed by atoms with E-state index in [2.05, 4.69) is 56.9 Å². The molecule has 0 saturated heterocycles. The van der Waals surface area contributed by atoms with Crippen molar-refractivity contribution in [3.63, 3.8) is 0 Å². The zero-order valence-electron chi connectivity index (χ0n) is 16.0. The average molecular weight is 383 g/mol. The highest BCUT2D eigenvalue weighted by atomic mass is 32.1. The minimum Gasteiger partial charge on any atom is -0.368 e. The average Bonchev–Trinajstić information content (AvgIpc) is 3.01. The predicted octanol–water partition coefficient (Wildman–Crippen LogP) is 3.13. The Labute approximate surface area is 164 Å². The summed E-state index contributed by atoms with van der Waals surface area (Å²) in [6.07, 6.45) is 0.902. The van der Waals surface area contributed by atoms with Crippen molar-refractivity contribution in [2.45, 2.75) is 20.3 Å². The summed E-state index contributed by atoms with van der Waals surface area (Å²) in [5.74, 6) is 1.68. The summed E-state index contributed by atoms with van der Waals surface area (Å²) in [6.45, 7) is 6.49. The molecule has 0 spiro atoms. The first-order valence-corrected chi connectivity index (χ1v) is 9.94. The number of pyridine rings is 1. The molecule has 0 unspecified atom stereocenters. The summed E-state index contributed by atoms with van der Waals surface area (Å²) in [7, 11) is 1.78. The van der Waals surface area contributed by atoms with Crippen LogP contribution >= 0.6 is 11.3 Å². The number of hydrogen-bond acceptors (Lipinski definition) is 5. The Bertz CT molecular complexity index is 898. The Morgan fingerprint density at radius 1 is 1.00 bits per heavy atom. The highest BCUT2D eigenvalue weighted by Crippen LogP contribution is 2.16. The Kier molecular flexibility index (Phi) is 6.59. The fourth-order valence-corrected chi connectivity index (χ4v) is 3.62. The van der Waals surface area contributed by atoms with Crippen molar-refractivity contribution in [3.8, 4) is 0 Å². The van der Waals surface area contributed by atoms with Crippen molar-refractivity contribution < 1.29 is 0 Å². The highest BCUT2D eigenvalue weighted by Gasteiger charge is 2.04. The van der Waals surface area contributed by atoms with Crippen molar-refractivity contribution in [2.24, 2.45) is 4.99 Å². The van der Waals surface area contributed by atoms with Crippen LogP contribution in [0.3, 0.4) is 0 Å². The third-order valence-electron chi connectivity index (χ3n) is 4.25. The number of anilines is 1. The molecule has 0 bridgehead atoms. The highest BCUT2D eigenvalue weighted by molar-refractivity contribution is 7.11. The van der Waals surface area contributed by atoms with Crippen molar-refractivity contribution in [2.75, 3.05) is 32.0 Å². The Hall–Kier alpha value is -2.67. The first kappa shape index (κ1) is 19.1. The lowest BCUT2D eigenvalue weighted by atomic mass is 10.2. The van der Waals surface area contributed by atoms with E-state index in [4.69, 9.17) is 0 Å². The van der Waals surface area contributed by atoms with Crippen molar-refractivity contribution in [1.82, 2.24) is 20.6 Å². The molecule has 0 atom stereocenters. The van der Waals surface area contributed by atoms with E-state index in [1.54, 1.807) is 18.4 Å². The SMILES string of the molecule is CN=C(NCCNc1ccc2ccccc2n1)NCCc1nc(C)c(C)s1. The Balaban J connectivity index is 1.38. The maximum Gasteiger partial charge on any atom is 0.191 e. The first-order valence-electron chi connectivity index (χ1n) is 9.13. The number of aliphatic imine (C=N–C) groups is 1. The van der Waals surface area contributed by atoms with E-state index in [0.717, 1.165) is 59.4 Å². The van der Waals surface area contributed by atoms with Crippen molar-refractivity contribution in [1.29, 1.82) is 0 Å². The molecule has 2 heterocycles. The van der Waals surface area contributed by atoms with E-state index >= 15 is 0 Å². The Morgan fingerprint density at radius 2 is 1.81 bits per heavy atom. The summed E-state index contributed by atoms with van der Waals surface area (Å²) in [6, 6.07) is 12.2. The largest absolute Gasteiger partial charge is 0.368 e. The summed E-state index contributed by atoms with van der Waals surface area (Å²) in [5, 5.41) is 12.3. The summed E-state index contributed by atoms with van der Waals surface area (Å²) < 4.78 is 0. The van der Waals surface area contributed by atoms with Gasteiger partial charge in [0.25, 0.3) is 0 Å². The number of rotatable bonds is 7. The van der Waals surface area contributed by atoms with Gasteiger partial charge in [-0.2, -0.15) is 0 Å². The quantitative estimate of drug-likeness (QED) is 0.333. The third-order valence-corrected chi connectivity index (χ3v) is 5.38. The molecule has 0 aliphatic rings. The van der Waals surface area contributed by atoms with Crippen LogP contribution in [0, 0.1) is 13.8 Å². The standard InChI is InChI=1S/C20H26N6S/c1-14-15(2)27-19(25-14)10-11-23-20(21-3)24-13-12-22-18-9-8-16-6-4-5-7-17(16)26-18/h4-9H,10-13H2,1-3H3,(H,22,26)(H2,21,23,24). The van der Waals surface area contributed by atoms with Gasteiger partial charge in [-0.05, 0) is 32.0 Å². The summed E-state index contributed by atoms with van der Waals surface area (Å²) in [4.78, 5) is 14.7. The smallest absolute Gasteiger partial charge is 0.191 e. The number of guanidine groups is 1. The normalized spacial score (nSPS) is 11.6. The number of aryl methyl sites for hydroxylation is 2. The van der Waals surface area contributed by atoms with E-state index in [0.29, 0.717) is 0 Å². The molecule has 3 aromatic rings. The fourth-order valence-electron chi connectivity index (χ4n) is 2.69. The molecule has 0 fully saturated rings. The van der Waals surface area contributed by atoms with Crippen LogP contribution in [0.1, 0.15) is 15.6 Å².